The molecule has 0 aliphatic carbocycles. The number of ether oxygens (including phenoxy) is 1. The minimum Gasteiger partial charge on any atom is -0.493 e. The number of hydrogen-bond donors (Lipinski definition) is 0. The Balaban J connectivity index is 3.34. The van der Waals surface area contributed by atoms with Crippen molar-refractivity contribution < 1.29 is 4.74 Å². The highest BCUT2D eigenvalue weighted by Gasteiger charge is 2.20. The van der Waals surface area contributed by atoms with E-state index in [0.29, 0.717) is 5.92 Å². The Morgan fingerprint density at radius 3 is 2.58 bits per heavy atom. The summed E-state index contributed by atoms with van der Waals surface area (Å²) in [6.45, 7) is 9.08. The maximum Gasteiger partial charge on any atom is 0.126 e. The summed E-state index contributed by atoms with van der Waals surface area (Å²) < 4.78 is 5.95. The Bertz CT molecular complexity index is 471. The lowest BCUT2D eigenvalue weighted by atomic mass is 9.88. The maximum atomic E-state index is 6.32. The Labute approximate surface area is 122 Å². The number of rotatable bonds is 6. The fraction of sp³-hybridized carbons (Fsp3) is 0.529. The first-order valence-corrected chi connectivity index (χ1v) is 7.30. The van der Waals surface area contributed by atoms with E-state index in [2.05, 4.69) is 26.7 Å². The summed E-state index contributed by atoms with van der Waals surface area (Å²) in [5.74, 6) is 4.06. The van der Waals surface area contributed by atoms with Crippen LogP contribution in [0.1, 0.15) is 55.7 Å². The normalized spacial score (nSPS) is 12.0. The molecule has 0 aliphatic rings. The molecule has 0 radical (unpaired) electrons. The zero-order valence-electron chi connectivity index (χ0n) is 12.3. The molecule has 2 heteroatoms. The molecule has 104 valence electrons. The van der Waals surface area contributed by atoms with Gasteiger partial charge in [0.25, 0.3) is 0 Å². The highest BCUT2D eigenvalue weighted by Crippen LogP contribution is 2.39. The van der Waals surface area contributed by atoms with Crippen molar-refractivity contribution in [2.75, 3.05) is 6.61 Å². The molecule has 1 aromatic rings. The molecule has 1 nitrogen and oxygen atoms in total. The van der Waals surface area contributed by atoms with E-state index in [-0.39, 0.29) is 0 Å². The van der Waals surface area contributed by atoms with E-state index in [9.17, 15) is 0 Å². The molecule has 0 bridgehead atoms. The van der Waals surface area contributed by atoms with E-state index >= 15 is 0 Å². The van der Waals surface area contributed by atoms with Crippen LogP contribution in [0.2, 0.25) is 5.02 Å². The van der Waals surface area contributed by atoms with Crippen LogP contribution in [-0.2, 0) is 0 Å². The largest absolute Gasteiger partial charge is 0.493 e. The highest BCUT2D eigenvalue weighted by atomic mass is 35.5. The Hall–Kier alpha value is -1.13. The molecule has 0 heterocycles. The first kappa shape index (κ1) is 15.9. The summed E-state index contributed by atoms with van der Waals surface area (Å²) in [7, 11) is 0. The van der Waals surface area contributed by atoms with Crippen molar-refractivity contribution in [3.8, 4) is 18.1 Å². The summed E-state index contributed by atoms with van der Waals surface area (Å²) >= 11 is 6.32. The van der Waals surface area contributed by atoms with Crippen LogP contribution in [0.3, 0.4) is 0 Å². The molecule has 19 heavy (non-hydrogen) atoms. The summed E-state index contributed by atoms with van der Waals surface area (Å²) in [4.78, 5) is 0. The van der Waals surface area contributed by atoms with Crippen molar-refractivity contribution in [1.29, 1.82) is 0 Å². The third-order valence-corrected chi connectivity index (χ3v) is 3.82. The SMILES string of the molecule is C#CCC(CC)c1c(C)c(Cl)cc(C)c1OCCC. The van der Waals surface area contributed by atoms with Gasteiger partial charge in [-0.15, -0.1) is 12.3 Å². The molecule has 0 aromatic heterocycles. The second-order valence-electron chi connectivity index (χ2n) is 4.90. The Morgan fingerprint density at radius 2 is 2.05 bits per heavy atom. The fourth-order valence-electron chi connectivity index (χ4n) is 2.36. The van der Waals surface area contributed by atoms with Crippen LogP contribution in [0.5, 0.6) is 5.75 Å². The third-order valence-electron chi connectivity index (χ3n) is 3.42. The van der Waals surface area contributed by atoms with E-state index in [1.165, 1.54) is 5.56 Å². The van der Waals surface area contributed by atoms with Gasteiger partial charge in [-0.1, -0.05) is 25.4 Å². The number of halogens is 1. The Kier molecular flexibility index (Phi) is 6.25. The molecular formula is C17H23ClO. The fourth-order valence-corrected chi connectivity index (χ4v) is 2.62. The monoisotopic (exact) mass is 278 g/mol. The van der Waals surface area contributed by atoms with Gasteiger partial charge in [0.2, 0.25) is 0 Å². The van der Waals surface area contributed by atoms with Crippen molar-refractivity contribution in [3.05, 3.63) is 27.8 Å². The van der Waals surface area contributed by atoms with Crippen LogP contribution in [0.4, 0.5) is 0 Å². The van der Waals surface area contributed by atoms with Crippen LogP contribution in [0, 0.1) is 26.2 Å². The molecule has 0 aliphatic heterocycles. The van der Waals surface area contributed by atoms with E-state index in [1.54, 1.807) is 0 Å². The average Bonchev–Trinajstić information content (AvgIpc) is 2.39. The number of aryl methyl sites for hydroxylation is 1. The van der Waals surface area contributed by atoms with Crippen LogP contribution in [0.15, 0.2) is 6.07 Å². The summed E-state index contributed by atoms with van der Waals surface area (Å²) in [6.07, 6.45) is 8.20. The minimum atomic E-state index is 0.314. The summed E-state index contributed by atoms with van der Waals surface area (Å²) in [5, 5.41) is 0.798. The predicted molar refractivity (Wildman–Crippen MR) is 83.2 cm³/mol. The molecule has 1 atom stereocenters. The van der Waals surface area contributed by atoms with Crippen molar-refractivity contribution in [1.82, 2.24) is 0 Å². The van der Waals surface area contributed by atoms with Gasteiger partial charge in [0.1, 0.15) is 5.75 Å². The van der Waals surface area contributed by atoms with Crippen LogP contribution < -0.4 is 4.74 Å². The van der Waals surface area contributed by atoms with Crippen molar-refractivity contribution in [2.45, 2.75) is 52.9 Å². The molecule has 0 amide bonds. The first-order valence-electron chi connectivity index (χ1n) is 6.92. The van der Waals surface area contributed by atoms with Gasteiger partial charge < -0.3 is 4.74 Å². The van der Waals surface area contributed by atoms with Crippen molar-refractivity contribution in [3.63, 3.8) is 0 Å². The zero-order valence-corrected chi connectivity index (χ0v) is 13.1. The molecule has 1 aromatic carbocycles. The predicted octanol–water partition coefficient (Wildman–Crippen LogP) is 5.26. The average molecular weight is 279 g/mol. The van der Waals surface area contributed by atoms with Crippen LogP contribution >= 0.6 is 11.6 Å². The lowest BCUT2D eigenvalue weighted by molar-refractivity contribution is 0.309. The van der Waals surface area contributed by atoms with E-state index in [0.717, 1.165) is 47.8 Å². The Morgan fingerprint density at radius 1 is 1.37 bits per heavy atom. The second-order valence-corrected chi connectivity index (χ2v) is 5.31. The molecule has 0 N–H and O–H groups in total. The standard InChI is InChI=1S/C17H23ClO/c1-6-9-14(8-3)16-13(5)15(18)11-12(4)17(16)19-10-7-2/h1,11,14H,7-10H2,2-5H3. The molecule has 0 fully saturated rings. The van der Waals surface area contributed by atoms with Gasteiger partial charge >= 0.3 is 0 Å². The maximum absolute atomic E-state index is 6.32. The lowest BCUT2D eigenvalue weighted by Crippen LogP contribution is -2.07. The van der Waals surface area contributed by atoms with Gasteiger partial charge in [-0.3, -0.25) is 0 Å². The number of hydrogen-bond acceptors (Lipinski definition) is 1. The quantitative estimate of drug-likeness (QED) is 0.645. The van der Waals surface area contributed by atoms with Gasteiger partial charge in [0.05, 0.1) is 6.61 Å². The smallest absolute Gasteiger partial charge is 0.126 e. The molecule has 0 saturated heterocycles. The summed E-state index contributed by atoms with van der Waals surface area (Å²) in [6, 6.07) is 1.98. The van der Waals surface area contributed by atoms with Crippen LogP contribution in [-0.4, -0.2) is 6.61 Å². The lowest BCUT2D eigenvalue weighted by Gasteiger charge is -2.22. The number of terminal acetylenes is 1. The van der Waals surface area contributed by atoms with Crippen molar-refractivity contribution in [2.24, 2.45) is 0 Å². The van der Waals surface area contributed by atoms with Gasteiger partial charge in [-0.05, 0) is 49.8 Å². The van der Waals surface area contributed by atoms with E-state index in [1.807, 2.05) is 13.0 Å². The molecule has 1 rings (SSSR count). The van der Waals surface area contributed by atoms with Gasteiger partial charge in [-0.2, -0.15) is 0 Å². The first-order chi connectivity index (χ1) is 9.06. The van der Waals surface area contributed by atoms with Crippen LogP contribution in [0.25, 0.3) is 0 Å². The topological polar surface area (TPSA) is 9.23 Å². The molecule has 1 unspecified atom stereocenters. The third kappa shape index (κ3) is 3.67. The van der Waals surface area contributed by atoms with Gasteiger partial charge in [-0.25, -0.2) is 0 Å². The van der Waals surface area contributed by atoms with Gasteiger partial charge in [0.15, 0.2) is 0 Å². The van der Waals surface area contributed by atoms with Crippen molar-refractivity contribution >= 4 is 11.6 Å². The molecular weight excluding hydrogens is 256 g/mol. The highest BCUT2D eigenvalue weighted by molar-refractivity contribution is 6.31. The zero-order chi connectivity index (χ0) is 14.4. The second kappa shape index (κ2) is 7.46. The number of benzene rings is 1. The minimum absolute atomic E-state index is 0.314. The molecule has 0 spiro atoms. The van der Waals surface area contributed by atoms with Gasteiger partial charge in [0, 0.05) is 17.0 Å². The van der Waals surface area contributed by atoms with E-state index in [4.69, 9.17) is 22.8 Å². The van der Waals surface area contributed by atoms with E-state index < -0.39 is 0 Å². The summed E-state index contributed by atoms with van der Waals surface area (Å²) in [5.41, 5.74) is 3.38. The molecule has 0 saturated carbocycles.